The van der Waals surface area contributed by atoms with E-state index in [1.54, 1.807) is 0 Å². The molecule has 2 nitrogen and oxygen atoms in total. The first kappa shape index (κ1) is 17.1. The zero-order chi connectivity index (χ0) is 17.1. The fraction of sp³-hybridized carbons (Fsp3) is 0.909. The van der Waals surface area contributed by atoms with Crippen LogP contribution in [0.5, 0.6) is 0 Å². The van der Waals surface area contributed by atoms with Crippen molar-refractivity contribution in [3.63, 3.8) is 0 Å². The first-order valence-corrected chi connectivity index (χ1v) is 10.5. The molecule has 0 heterocycles. The van der Waals surface area contributed by atoms with Crippen LogP contribution in [0.25, 0.3) is 0 Å². The molecule has 0 aliphatic heterocycles. The summed E-state index contributed by atoms with van der Waals surface area (Å²) in [5.41, 5.74) is 2.19. The number of aliphatic hydroxyl groups is 1. The molecule has 4 fully saturated rings. The molecule has 0 radical (unpaired) electrons. The van der Waals surface area contributed by atoms with Gasteiger partial charge in [-0.2, -0.15) is 0 Å². The second-order valence-electron chi connectivity index (χ2n) is 9.87. The predicted molar refractivity (Wildman–Crippen MR) is 99.7 cm³/mol. The monoisotopic (exact) mass is 331 g/mol. The molecule has 24 heavy (non-hydrogen) atoms. The Labute approximate surface area is 148 Å². The molecule has 4 rings (SSSR count). The Morgan fingerprint density at radius 3 is 2.54 bits per heavy atom. The van der Waals surface area contributed by atoms with E-state index in [1.807, 2.05) is 0 Å². The van der Waals surface area contributed by atoms with Crippen LogP contribution in [0.3, 0.4) is 0 Å². The Balaban J connectivity index is 1.62. The number of rotatable bonds is 1. The number of hydrogen-bond donors (Lipinski definition) is 2. The van der Waals surface area contributed by atoms with E-state index in [0.717, 1.165) is 36.1 Å². The molecule has 0 saturated heterocycles. The largest absolute Gasteiger partial charge is 0.389 e. The SMILES string of the molecule is C/C=C1/[C@H](O)C[C@H]2[C@@H]3CCC4C[C@@H](NC)CC[C@]4(C)[C@H]3CC[C@]12C. The van der Waals surface area contributed by atoms with Gasteiger partial charge in [0.2, 0.25) is 0 Å². The van der Waals surface area contributed by atoms with Crippen molar-refractivity contribution in [2.75, 3.05) is 7.05 Å². The lowest BCUT2D eigenvalue weighted by atomic mass is 9.45. The van der Waals surface area contributed by atoms with E-state index in [2.05, 4.69) is 39.2 Å². The van der Waals surface area contributed by atoms with Crippen molar-refractivity contribution >= 4 is 0 Å². The van der Waals surface area contributed by atoms with Crippen LogP contribution in [0.2, 0.25) is 0 Å². The van der Waals surface area contributed by atoms with Crippen molar-refractivity contribution in [2.24, 2.45) is 34.5 Å². The average Bonchev–Trinajstić information content (AvgIpc) is 2.83. The highest BCUT2D eigenvalue weighted by Crippen LogP contribution is 2.67. The van der Waals surface area contributed by atoms with Crippen molar-refractivity contribution in [3.8, 4) is 0 Å². The molecule has 0 aromatic heterocycles. The highest BCUT2D eigenvalue weighted by molar-refractivity contribution is 5.27. The summed E-state index contributed by atoms with van der Waals surface area (Å²) in [6.45, 7) is 7.23. The second-order valence-corrected chi connectivity index (χ2v) is 9.87. The lowest BCUT2D eigenvalue weighted by Gasteiger charge is -2.60. The van der Waals surface area contributed by atoms with Crippen LogP contribution in [0.1, 0.15) is 72.1 Å². The Bertz CT molecular complexity index is 528. The minimum absolute atomic E-state index is 0.172. The molecule has 0 bridgehead atoms. The zero-order valence-corrected chi connectivity index (χ0v) is 16.1. The minimum Gasteiger partial charge on any atom is -0.389 e. The molecule has 8 atom stereocenters. The second kappa shape index (κ2) is 5.84. The van der Waals surface area contributed by atoms with Gasteiger partial charge >= 0.3 is 0 Å². The minimum atomic E-state index is -0.172. The molecule has 2 N–H and O–H groups in total. The summed E-state index contributed by atoms with van der Waals surface area (Å²) < 4.78 is 0. The molecule has 0 spiro atoms. The van der Waals surface area contributed by atoms with Crippen molar-refractivity contribution in [3.05, 3.63) is 11.6 Å². The first-order valence-electron chi connectivity index (χ1n) is 10.5. The number of fused-ring (bicyclic) bond motifs is 5. The third kappa shape index (κ3) is 2.21. The number of aliphatic hydroxyl groups excluding tert-OH is 1. The van der Waals surface area contributed by atoms with Gasteiger partial charge < -0.3 is 10.4 Å². The summed E-state index contributed by atoms with van der Waals surface area (Å²) in [5.74, 6) is 3.39. The van der Waals surface area contributed by atoms with E-state index in [1.165, 1.54) is 50.5 Å². The summed E-state index contributed by atoms with van der Waals surface area (Å²) >= 11 is 0. The van der Waals surface area contributed by atoms with Gasteiger partial charge in [-0.15, -0.1) is 0 Å². The highest BCUT2D eigenvalue weighted by atomic mass is 16.3. The fourth-order valence-electron chi connectivity index (χ4n) is 7.90. The molecular formula is C22H37NO. The van der Waals surface area contributed by atoms with Crippen molar-refractivity contribution in [1.82, 2.24) is 5.32 Å². The van der Waals surface area contributed by atoms with E-state index in [-0.39, 0.29) is 11.5 Å². The Morgan fingerprint density at radius 2 is 1.83 bits per heavy atom. The van der Waals surface area contributed by atoms with E-state index < -0.39 is 0 Å². The van der Waals surface area contributed by atoms with Gasteiger partial charge in [0.05, 0.1) is 6.10 Å². The maximum Gasteiger partial charge on any atom is 0.0758 e. The van der Waals surface area contributed by atoms with E-state index in [9.17, 15) is 5.11 Å². The van der Waals surface area contributed by atoms with E-state index in [0.29, 0.717) is 5.41 Å². The maximum atomic E-state index is 10.7. The summed E-state index contributed by atoms with van der Waals surface area (Å²) in [4.78, 5) is 0. The summed E-state index contributed by atoms with van der Waals surface area (Å²) in [5, 5.41) is 14.2. The predicted octanol–water partition coefficient (Wildman–Crippen LogP) is 4.53. The van der Waals surface area contributed by atoms with Crippen LogP contribution in [0.15, 0.2) is 11.6 Å². The maximum absolute atomic E-state index is 10.7. The van der Waals surface area contributed by atoms with Crippen LogP contribution < -0.4 is 5.32 Å². The molecule has 4 saturated carbocycles. The van der Waals surface area contributed by atoms with Gasteiger partial charge in [-0.25, -0.2) is 0 Å². The van der Waals surface area contributed by atoms with Crippen LogP contribution in [0.4, 0.5) is 0 Å². The van der Waals surface area contributed by atoms with E-state index >= 15 is 0 Å². The van der Waals surface area contributed by atoms with Crippen molar-refractivity contribution in [1.29, 1.82) is 0 Å². The molecular weight excluding hydrogens is 294 g/mol. The van der Waals surface area contributed by atoms with Gasteiger partial charge in [-0.3, -0.25) is 0 Å². The van der Waals surface area contributed by atoms with Gasteiger partial charge in [-0.05, 0) is 105 Å². The quantitative estimate of drug-likeness (QED) is 0.692. The molecule has 0 aromatic carbocycles. The fourth-order valence-corrected chi connectivity index (χ4v) is 7.90. The van der Waals surface area contributed by atoms with Gasteiger partial charge in [0.1, 0.15) is 0 Å². The van der Waals surface area contributed by atoms with Gasteiger partial charge in [0.25, 0.3) is 0 Å². The first-order chi connectivity index (χ1) is 11.4. The number of allylic oxidation sites excluding steroid dienone is 1. The standard InChI is InChI=1S/C22H37NO/c1-5-17-20(24)13-19-16-7-6-14-12-15(23-4)8-10-21(14,2)18(16)9-11-22(17,19)3/h5,14-16,18-20,23-24H,6-13H2,1-4H3/b17-5-/t14?,15-,16+,18-,19-,20+,21-,22+/m0/s1. The Hall–Kier alpha value is -0.340. The number of hydrogen-bond acceptors (Lipinski definition) is 2. The third-order valence-electron chi connectivity index (χ3n) is 9.27. The number of nitrogens with one attached hydrogen (secondary N) is 1. The highest BCUT2D eigenvalue weighted by Gasteiger charge is 2.60. The summed E-state index contributed by atoms with van der Waals surface area (Å²) in [6, 6.07) is 0.747. The summed E-state index contributed by atoms with van der Waals surface area (Å²) in [7, 11) is 2.14. The molecule has 4 aliphatic rings. The molecule has 0 amide bonds. The van der Waals surface area contributed by atoms with Gasteiger partial charge in [0.15, 0.2) is 0 Å². The zero-order valence-electron chi connectivity index (χ0n) is 16.1. The van der Waals surface area contributed by atoms with Crippen LogP contribution in [0, 0.1) is 34.5 Å². The van der Waals surface area contributed by atoms with Gasteiger partial charge in [0, 0.05) is 6.04 Å². The van der Waals surface area contributed by atoms with Crippen molar-refractivity contribution < 1.29 is 5.11 Å². The Morgan fingerprint density at radius 1 is 1.04 bits per heavy atom. The van der Waals surface area contributed by atoms with Crippen LogP contribution in [-0.4, -0.2) is 24.3 Å². The average molecular weight is 332 g/mol. The molecule has 1 unspecified atom stereocenters. The Kier molecular flexibility index (Phi) is 4.16. The third-order valence-corrected chi connectivity index (χ3v) is 9.27. The molecule has 0 aromatic rings. The molecule has 2 heteroatoms. The molecule has 136 valence electrons. The van der Waals surface area contributed by atoms with Crippen molar-refractivity contribution in [2.45, 2.75) is 84.3 Å². The normalized spacial score (nSPS) is 55.8. The lowest BCUT2D eigenvalue weighted by molar-refractivity contribution is -0.102. The molecule has 4 aliphatic carbocycles. The van der Waals surface area contributed by atoms with Crippen LogP contribution in [-0.2, 0) is 0 Å². The topological polar surface area (TPSA) is 32.3 Å². The van der Waals surface area contributed by atoms with E-state index in [4.69, 9.17) is 0 Å². The lowest BCUT2D eigenvalue weighted by Crippen LogP contribution is -2.54. The van der Waals surface area contributed by atoms with Crippen LogP contribution >= 0.6 is 0 Å². The summed E-state index contributed by atoms with van der Waals surface area (Å²) in [6.07, 6.45) is 12.8. The van der Waals surface area contributed by atoms with Gasteiger partial charge in [-0.1, -0.05) is 19.9 Å². The smallest absolute Gasteiger partial charge is 0.0758 e.